The number of carbonyl (C=O) groups excluding carboxylic acids is 2. The largest absolute Gasteiger partial charge is 0.493 e. The first-order valence-electron chi connectivity index (χ1n) is 9.96. The van der Waals surface area contributed by atoms with E-state index in [9.17, 15) is 9.59 Å². The van der Waals surface area contributed by atoms with Crippen molar-refractivity contribution >= 4 is 22.8 Å². The zero-order valence-electron chi connectivity index (χ0n) is 19.9. The molecule has 0 radical (unpaired) electrons. The molecule has 3 aromatic rings. The van der Waals surface area contributed by atoms with Crippen LogP contribution in [0.4, 0.5) is 0 Å². The second kappa shape index (κ2) is 10.2. The molecule has 0 fully saturated rings. The first kappa shape index (κ1) is 24.4. The van der Waals surface area contributed by atoms with Crippen molar-refractivity contribution in [2.45, 2.75) is 0 Å². The van der Waals surface area contributed by atoms with Crippen LogP contribution in [0.1, 0.15) is 20.8 Å². The van der Waals surface area contributed by atoms with Gasteiger partial charge in [0.15, 0.2) is 28.7 Å². The van der Waals surface area contributed by atoms with E-state index in [1.807, 2.05) is 0 Å². The van der Waals surface area contributed by atoms with Gasteiger partial charge in [-0.15, -0.1) is 0 Å². The van der Waals surface area contributed by atoms with Crippen molar-refractivity contribution in [2.24, 2.45) is 0 Å². The van der Waals surface area contributed by atoms with E-state index >= 15 is 0 Å². The van der Waals surface area contributed by atoms with Gasteiger partial charge >= 0.3 is 11.9 Å². The first-order valence-corrected chi connectivity index (χ1v) is 9.96. The van der Waals surface area contributed by atoms with Crippen molar-refractivity contribution in [3.05, 3.63) is 35.5 Å². The second-order valence-electron chi connectivity index (χ2n) is 6.80. The van der Waals surface area contributed by atoms with Crippen LogP contribution < -0.4 is 23.7 Å². The van der Waals surface area contributed by atoms with Crippen LogP contribution in [-0.4, -0.2) is 66.7 Å². The summed E-state index contributed by atoms with van der Waals surface area (Å²) in [5.74, 6) is 0.107. The molecule has 0 aliphatic carbocycles. The molecule has 10 nitrogen and oxygen atoms in total. The quantitative estimate of drug-likeness (QED) is 0.452. The summed E-state index contributed by atoms with van der Waals surface area (Å²) >= 11 is 0. The van der Waals surface area contributed by atoms with Crippen molar-refractivity contribution in [3.8, 4) is 39.9 Å². The molecule has 0 spiro atoms. The van der Waals surface area contributed by atoms with Gasteiger partial charge in [0.05, 0.1) is 60.7 Å². The van der Waals surface area contributed by atoms with Crippen LogP contribution >= 0.6 is 0 Å². The molecule has 180 valence electrons. The van der Waals surface area contributed by atoms with Crippen molar-refractivity contribution in [3.63, 3.8) is 0 Å². The molecule has 0 N–H and O–H groups in total. The highest BCUT2D eigenvalue weighted by atomic mass is 16.5. The third kappa shape index (κ3) is 3.98. The molecule has 0 unspecified atom stereocenters. The normalized spacial score (nSPS) is 10.4. The molecule has 0 aliphatic heterocycles. The Bertz CT molecular complexity index is 1250. The third-order valence-corrected chi connectivity index (χ3v) is 5.22. The maximum atomic E-state index is 13.0. The van der Waals surface area contributed by atoms with Gasteiger partial charge in [-0.3, -0.25) is 0 Å². The predicted molar refractivity (Wildman–Crippen MR) is 123 cm³/mol. The van der Waals surface area contributed by atoms with Gasteiger partial charge in [0.25, 0.3) is 0 Å². The van der Waals surface area contributed by atoms with Gasteiger partial charge in [-0.25, -0.2) is 14.6 Å². The Morgan fingerprint density at radius 1 is 0.676 bits per heavy atom. The SMILES string of the molecule is COC(=O)c1nc2cc(OC)c(OC)c(OC)c2c(-c2ccc(OC)c(OC)c2)c1C(=O)OC. The summed E-state index contributed by atoms with van der Waals surface area (Å²) in [5, 5.41) is 0.389. The zero-order valence-corrected chi connectivity index (χ0v) is 19.9. The number of pyridine rings is 1. The van der Waals surface area contributed by atoms with Crippen molar-refractivity contribution < 1.29 is 42.7 Å². The lowest BCUT2D eigenvalue weighted by atomic mass is 9.92. The minimum atomic E-state index is -0.822. The van der Waals surface area contributed by atoms with Gasteiger partial charge in [0.2, 0.25) is 5.75 Å². The van der Waals surface area contributed by atoms with Crippen LogP contribution in [0.15, 0.2) is 24.3 Å². The molecule has 34 heavy (non-hydrogen) atoms. The van der Waals surface area contributed by atoms with Crippen LogP contribution in [0.25, 0.3) is 22.0 Å². The number of ether oxygens (including phenoxy) is 7. The monoisotopic (exact) mass is 471 g/mol. The van der Waals surface area contributed by atoms with Gasteiger partial charge < -0.3 is 33.2 Å². The number of hydrogen-bond donors (Lipinski definition) is 0. The summed E-state index contributed by atoms with van der Waals surface area (Å²) in [6, 6.07) is 6.62. The van der Waals surface area contributed by atoms with E-state index in [0.717, 1.165) is 0 Å². The van der Waals surface area contributed by atoms with E-state index in [1.165, 1.54) is 49.8 Å². The molecule has 0 saturated carbocycles. The van der Waals surface area contributed by atoms with E-state index in [-0.39, 0.29) is 22.8 Å². The second-order valence-corrected chi connectivity index (χ2v) is 6.80. The van der Waals surface area contributed by atoms with Gasteiger partial charge in [0, 0.05) is 11.6 Å². The minimum Gasteiger partial charge on any atom is -0.493 e. The van der Waals surface area contributed by atoms with Crippen LogP contribution in [0.2, 0.25) is 0 Å². The van der Waals surface area contributed by atoms with Crippen LogP contribution in [-0.2, 0) is 9.47 Å². The molecule has 0 saturated heterocycles. The number of rotatable bonds is 8. The topological polar surface area (TPSA) is 112 Å². The van der Waals surface area contributed by atoms with Crippen molar-refractivity contribution in [2.75, 3.05) is 49.8 Å². The number of esters is 2. The lowest BCUT2D eigenvalue weighted by Gasteiger charge is -2.20. The first-order chi connectivity index (χ1) is 16.4. The number of carbonyl (C=O) groups is 2. The number of fused-ring (bicyclic) bond motifs is 1. The maximum Gasteiger partial charge on any atom is 0.357 e. The molecule has 2 aromatic carbocycles. The zero-order chi connectivity index (χ0) is 25.0. The molecule has 0 aliphatic rings. The number of benzene rings is 2. The van der Waals surface area contributed by atoms with Gasteiger partial charge in [-0.05, 0) is 17.7 Å². The molecule has 1 heterocycles. The Morgan fingerprint density at radius 2 is 1.29 bits per heavy atom. The van der Waals surface area contributed by atoms with Crippen LogP contribution in [0.5, 0.6) is 28.7 Å². The number of hydrogen-bond acceptors (Lipinski definition) is 10. The van der Waals surface area contributed by atoms with E-state index in [0.29, 0.717) is 39.3 Å². The molecule has 0 atom stereocenters. The fourth-order valence-electron chi connectivity index (χ4n) is 3.72. The fraction of sp³-hybridized carbons (Fsp3) is 0.292. The highest BCUT2D eigenvalue weighted by Crippen LogP contribution is 2.48. The van der Waals surface area contributed by atoms with Crippen LogP contribution in [0.3, 0.4) is 0 Å². The van der Waals surface area contributed by atoms with Crippen molar-refractivity contribution in [1.82, 2.24) is 4.98 Å². The van der Waals surface area contributed by atoms with E-state index in [4.69, 9.17) is 33.2 Å². The lowest BCUT2D eigenvalue weighted by molar-refractivity contribution is 0.0551. The molecule has 0 bridgehead atoms. The number of aromatic nitrogens is 1. The Morgan fingerprint density at radius 3 is 1.82 bits per heavy atom. The van der Waals surface area contributed by atoms with Crippen LogP contribution in [0, 0.1) is 0 Å². The Kier molecular flexibility index (Phi) is 7.30. The molecule has 1 aromatic heterocycles. The van der Waals surface area contributed by atoms with Gasteiger partial charge in [-0.1, -0.05) is 6.07 Å². The maximum absolute atomic E-state index is 13.0. The number of nitrogens with zero attached hydrogens (tertiary/aromatic N) is 1. The summed E-state index contributed by atoms with van der Waals surface area (Å²) in [6.45, 7) is 0. The minimum absolute atomic E-state index is 0.111. The highest BCUT2D eigenvalue weighted by molar-refractivity contribution is 6.15. The van der Waals surface area contributed by atoms with Gasteiger partial charge in [0.1, 0.15) is 5.56 Å². The molecule has 0 amide bonds. The molecular weight excluding hydrogens is 446 g/mol. The summed E-state index contributed by atoms with van der Waals surface area (Å²) < 4.78 is 37.4. The Labute approximate surface area is 196 Å². The summed E-state index contributed by atoms with van der Waals surface area (Å²) in [7, 11) is 9.76. The summed E-state index contributed by atoms with van der Waals surface area (Å²) in [4.78, 5) is 30.2. The number of methoxy groups -OCH3 is 7. The Hall–Kier alpha value is -4.21. The van der Waals surface area contributed by atoms with E-state index in [1.54, 1.807) is 24.3 Å². The Balaban J connectivity index is 2.65. The van der Waals surface area contributed by atoms with E-state index < -0.39 is 11.9 Å². The highest BCUT2D eigenvalue weighted by Gasteiger charge is 2.31. The summed E-state index contributed by atoms with van der Waals surface area (Å²) in [5.41, 5.74) is 0.755. The fourth-order valence-corrected chi connectivity index (χ4v) is 3.72. The average Bonchev–Trinajstić information content (AvgIpc) is 2.89. The van der Waals surface area contributed by atoms with E-state index in [2.05, 4.69) is 4.98 Å². The lowest BCUT2D eigenvalue weighted by Crippen LogP contribution is -2.16. The average molecular weight is 471 g/mol. The molecular formula is C24H25NO9. The molecule has 3 rings (SSSR count). The van der Waals surface area contributed by atoms with Crippen molar-refractivity contribution in [1.29, 1.82) is 0 Å². The summed E-state index contributed by atoms with van der Waals surface area (Å²) in [6.07, 6.45) is 0. The predicted octanol–water partition coefficient (Wildman–Crippen LogP) is 3.52. The third-order valence-electron chi connectivity index (χ3n) is 5.22. The smallest absolute Gasteiger partial charge is 0.357 e. The van der Waals surface area contributed by atoms with Gasteiger partial charge in [-0.2, -0.15) is 0 Å². The standard InChI is InChI=1S/C24H25NO9/c1-28-14-9-8-12(10-15(14)29-2)17-18-13(11-16(30-3)21(31-4)22(18)32-5)25-20(24(27)34-7)19(17)23(26)33-6/h8-11H,1-7H3. The molecule has 10 heteroatoms.